The first kappa shape index (κ1) is 14.1. The van der Waals surface area contributed by atoms with E-state index in [9.17, 15) is 18.0 Å². The molecule has 3 fully saturated rings. The summed E-state index contributed by atoms with van der Waals surface area (Å²) >= 11 is 0. The molecule has 1 aromatic carbocycles. The van der Waals surface area contributed by atoms with Crippen LogP contribution in [-0.4, -0.2) is 13.1 Å². The quantitative estimate of drug-likeness (QED) is 0.769. The average Bonchev–Trinajstić information content (AvgIpc) is 3.14. The number of alkyl halides is 3. The number of rotatable bonds is 2. The standard InChI is InChI=1S/C17H17F3O2/c1-22-13(21)14-5-6-15(10-16(14,15)8-7-14)11-3-2-4-12(9-11)17(18,19)20/h2-4,9H,5-8,10H2,1H3. The number of hydrogen-bond donors (Lipinski definition) is 0. The highest BCUT2D eigenvalue weighted by atomic mass is 19.4. The summed E-state index contributed by atoms with van der Waals surface area (Å²) in [6.07, 6.45) is -0.277. The zero-order valence-electron chi connectivity index (χ0n) is 12.3. The Morgan fingerprint density at radius 1 is 1.18 bits per heavy atom. The maximum atomic E-state index is 13.0. The minimum atomic E-state index is -4.33. The van der Waals surface area contributed by atoms with Gasteiger partial charge in [0, 0.05) is 5.41 Å². The Bertz CT molecular complexity index is 664. The summed E-state index contributed by atoms with van der Waals surface area (Å²) in [4.78, 5) is 12.2. The van der Waals surface area contributed by atoms with Crippen molar-refractivity contribution in [1.29, 1.82) is 0 Å². The van der Waals surface area contributed by atoms with Gasteiger partial charge in [-0.1, -0.05) is 18.2 Å². The fourth-order valence-electron chi connectivity index (χ4n) is 5.38. The smallest absolute Gasteiger partial charge is 0.416 e. The van der Waals surface area contributed by atoms with Crippen LogP contribution in [0.3, 0.4) is 0 Å². The van der Waals surface area contributed by atoms with E-state index in [1.807, 2.05) is 0 Å². The van der Waals surface area contributed by atoms with Gasteiger partial charge < -0.3 is 4.74 Å². The average molecular weight is 310 g/mol. The van der Waals surface area contributed by atoms with Crippen molar-refractivity contribution in [2.24, 2.45) is 10.8 Å². The molecule has 2 nitrogen and oxygen atoms in total. The van der Waals surface area contributed by atoms with Crippen molar-refractivity contribution in [2.75, 3.05) is 7.11 Å². The Kier molecular flexibility index (Phi) is 2.48. The minimum absolute atomic E-state index is 0.155. The van der Waals surface area contributed by atoms with E-state index < -0.39 is 17.2 Å². The van der Waals surface area contributed by atoms with Crippen molar-refractivity contribution in [3.8, 4) is 0 Å². The largest absolute Gasteiger partial charge is 0.469 e. The van der Waals surface area contributed by atoms with Crippen LogP contribution < -0.4 is 0 Å². The van der Waals surface area contributed by atoms with Crippen molar-refractivity contribution < 1.29 is 22.7 Å². The summed E-state index contributed by atoms with van der Waals surface area (Å²) in [7, 11) is 1.40. The monoisotopic (exact) mass is 310 g/mol. The number of halogens is 3. The van der Waals surface area contributed by atoms with Gasteiger partial charge in [0.1, 0.15) is 0 Å². The van der Waals surface area contributed by atoms with Crippen LogP contribution in [0.1, 0.15) is 43.2 Å². The first-order valence-corrected chi connectivity index (χ1v) is 7.58. The van der Waals surface area contributed by atoms with Gasteiger partial charge in [0.05, 0.1) is 18.1 Å². The summed E-state index contributed by atoms with van der Waals surface area (Å²) in [6.45, 7) is 0. The molecule has 3 saturated carbocycles. The number of esters is 1. The number of methoxy groups -OCH3 is 1. The predicted molar refractivity (Wildman–Crippen MR) is 73.1 cm³/mol. The third kappa shape index (κ3) is 1.36. The molecule has 0 saturated heterocycles. The number of carbonyl (C=O) groups excluding carboxylic acids is 1. The molecule has 3 atom stereocenters. The van der Waals surface area contributed by atoms with Crippen molar-refractivity contribution in [1.82, 2.24) is 0 Å². The molecule has 5 heteroatoms. The lowest BCUT2D eigenvalue weighted by atomic mass is 9.56. The van der Waals surface area contributed by atoms with Gasteiger partial charge in [0.25, 0.3) is 0 Å². The highest BCUT2D eigenvalue weighted by Crippen LogP contribution is 2.88. The van der Waals surface area contributed by atoms with Gasteiger partial charge in [0.15, 0.2) is 0 Å². The second-order valence-corrected chi connectivity index (χ2v) is 6.99. The highest BCUT2D eigenvalue weighted by molar-refractivity contribution is 5.82. The van der Waals surface area contributed by atoms with Gasteiger partial charge in [-0.25, -0.2) is 0 Å². The third-order valence-corrected chi connectivity index (χ3v) is 6.59. The lowest BCUT2D eigenvalue weighted by Gasteiger charge is -2.46. The Hall–Kier alpha value is -1.52. The first-order valence-electron chi connectivity index (χ1n) is 7.58. The molecule has 3 aliphatic rings. The van der Waals surface area contributed by atoms with E-state index in [0.717, 1.165) is 43.7 Å². The zero-order valence-corrected chi connectivity index (χ0v) is 12.3. The number of benzene rings is 1. The van der Waals surface area contributed by atoms with E-state index in [1.54, 1.807) is 6.07 Å². The van der Waals surface area contributed by atoms with Crippen LogP contribution in [0.4, 0.5) is 13.2 Å². The SMILES string of the molecule is COC(=O)C12CCC3(c4cccc(C(F)(F)F)c4)CC13CC2. The Labute approximate surface area is 126 Å². The van der Waals surface area contributed by atoms with Crippen LogP contribution in [0.5, 0.6) is 0 Å². The van der Waals surface area contributed by atoms with E-state index in [-0.39, 0.29) is 16.8 Å². The lowest BCUT2D eigenvalue weighted by molar-refractivity contribution is -0.166. The maximum absolute atomic E-state index is 13.0. The van der Waals surface area contributed by atoms with Crippen molar-refractivity contribution in [3.63, 3.8) is 0 Å². The second kappa shape index (κ2) is 3.87. The van der Waals surface area contributed by atoms with E-state index in [0.29, 0.717) is 0 Å². The van der Waals surface area contributed by atoms with Crippen molar-refractivity contribution in [3.05, 3.63) is 35.4 Å². The van der Waals surface area contributed by atoms with Crippen molar-refractivity contribution >= 4 is 5.97 Å². The molecule has 0 radical (unpaired) electrons. The van der Waals surface area contributed by atoms with Gasteiger partial charge in [0.2, 0.25) is 0 Å². The van der Waals surface area contributed by atoms with Crippen molar-refractivity contribution in [2.45, 2.75) is 43.7 Å². The van der Waals surface area contributed by atoms with E-state index >= 15 is 0 Å². The molecular weight excluding hydrogens is 293 g/mol. The molecule has 1 aromatic rings. The van der Waals surface area contributed by atoms with E-state index in [2.05, 4.69) is 0 Å². The van der Waals surface area contributed by atoms with Crippen LogP contribution in [0.15, 0.2) is 24.3 Å². The van der Waals surface area contributed by atoms with Crippen LogP contribution in [0.25, 0.3) is 0 Å². The van der Waals surface area contributed by atoms with Crippen LogP contribution in [0, 0.1) is 10.8 Å². The minimum Gasteiger partial charge on any atom is -0.469 e. The van der Waals surface area contributed by atoms with E-state index in [4.69, 9.17) is 4.74 Å². The van der Waals surface area contributed by atoms with Crippen LogP contribution >= 0.6 is 0 Å². The van der Waals surface area contributed by atoms with Gasteiger partial charge in [-0.3, -0.25) is 4.79 Å². The summed E-state index contributed by atoms with van der Waals surface area (Å²) in [5, 5.41) is 0. The number of hydrogen-bond acceptors (Lipinski definition) is 2. The molecule has 4 rings (SSSR count). The summed E-state index contributed by atoms with van der Waals surface area (Å²) < 4.78 is 43.9. The van der Waals surface area contributed by atoms with Gasteiger partial charge >= 0.3 is 12.1 Å². The zero-order chi connectivity index (χ0) is 15.8. The molecule has 1 spiro atoms. The highest BCUT2D eigenvalue weighted by Gasteiger charge is 2.86. The van der Waals surface area contributed by atoms with E-state index in [1.165, 1.54) is 19.2 Å². The summed E-state index contributed by atoms with van der Waals surface area (Å²) in [5.41, 5.74) is -0.710. The van der Waals surface area contributed by atoms with Gasteiger partial charge in [-0.05, 0) is 49.1 Å². The number of ether oxygens (including phenoxy) is 1. The molecule has 0 aromatic heterocycles. The third-order valence-electron chi connectivity index (χ3n) is 6.59. The number of carbonyl (C=O) groups is 1. The topological polar surface area (TPSA) is 26.3 Å². The summed E-state index contributed by atoms with van der Waals surface area (Å²) in [5.74, 6) is -0.176. The van der Waals surface area contributed by atoms with Gasteiger partial charge in [-0.2, -0.15) is 13.2 Å². The maximum Gasteiger partial charge on any atom is 0.416 e. The van der Waals surface area contributed by atoms with Crippen LogP contribution in [-0.2, 0) is 21.1 Å². The molecule has 3 aliphatic carbocycles. The molecule has 118 valence electrons. The van der Waals surface area contributed by atoms with Crippen LogP contribution in [0.2, 0.25) is 0 Å². The Morgan fingerprint density at radius 2 is 1.91 bits per heavy atom. The molecule has 0 bridgehead atoms. The lowest BCUT2D eigenvalue weighted by Crippen LogP contribution is -2.48. The molecule has 0 N–H and O–H groups in total. The molecular formula is C17H17F3O2. The molecule has 0 aliphatic heterocycles. The Morgan fingerprint density at radius 3 is 2.50 bits per heavy atom. The molecule has 0 amide bonds. The molecule has 22 heavy (non-hydrogen) atoms. The Balaban J connectivity index is 1.74. The fourth-order valence-corrected chi connectivity index (χ4v) is 5.38. The second-order valence-electron chi connectivity index (χ2n) is 6.99. The first-order chi connectivity index (χ1) is 10.3. The normalized spacial score (nSPS) is 38.7. The molecule has 3 unspecified atom stereocenters. The predicted octanol–water partition coefficient (Wildman–Crippen LogP) is 4.08. The summed E-state index contributed by atoms with van der Waals surface area (Å²) in [6, 6.07) is 5.66. The fraction of sp³-hybridized carbons (Fsp3) is 0.588. The molecule has 0 heterocycles. The van der Waals surface area contributed by atoms with Gasteiger partial charge in [-0.15, -0.1) is 0 Å².